The quantitative estimate of drug-likeness (QED) is 0.488. The van der Waals surface area contributed by atoms with Crippen LogP contribution in [0.4, 0.5) is 5.69 Å². The number of nitro benzene ring substituents is 1. The van der Waals surface area contributed by atoms with Crippen LogP contribution >= 0.6 is 0 Å². The zero-order valence-electron chi connectivity index (χ0n) is 15.2. The van der Waals surface area contributed by atoms with E-state index in [2.05, 4.69) is 10.3 Å². The first-order chi connectivity index (χ1) is 13.6. The number of non-ortho nitro benzene ring substituents is 1. The summed E-state index contributed by atoms with van der Waals surface area (Å²) >= 11 is 0. The monoisotopic (exact) mass is 380 g/mol. The van der Waals surface area contributed by atoms with Gasteiger partial charge in [0, 0.05) is 54.9 Å². The predicted molar refractivity (Wildman–Crippen MR) is 103 cm³/mol. The number of amides is 2. The number of carbonyl (C=O) groups excluding carboxylic acids is 2. The fraction of sp³-hybridized carbons (Fsp3) is 0.250. The van der Waals surface area contributed by atoms with Gasteiger partial charge in [-0.05, 0) is 37.5 Å². The molecule has 0 spiro atoms. The van der Waals surface area contributed by atoms with Gasteiger partial charge in [0.2, 0.25) is 0 Å². The van der Waals surface area contributed by atoms with Gasteiger partial charge in [-0.25, -0.2) is 0 Å². The molecule has 1 fully saturated rings. The topological polar surface area (TPSA) is 105 Å². The number of hydrogen-bond acceptors (Lipinski definition) is 5. The highest BCUT2D eigenvalue weighted by molar-refractivity contribution is 6.19. The Labute approximate surface area is 162 Å². The van der Waals surface area contributed by atoms with Gasteiger partial charge < -0.3 is 10.2 Å². The summed E-state index contributed by atoms with van der Waals surface area (Å²) in [4.78, 5) is 41.4. The van der Waals surface area contributed by atoms with Crippen molar-refractivity contribution >= 4 is 23.1 Å². The fourth-order valence-electron chi connectivity index (χ4n) is 3.01. The van der Waals surface area contributed by atoms with E-state index in [4.69, 9.17) is 0 Å². The Balaban J connectivity index is 1.81. The molecule has 8 nitrogen and oxygen atoms in total. The molecule has 2 heterocycles. The van der Waals surface area contributed by atoms with Gasteiger partial charge in [0.25, 0.3) is 17.5 Å². The molecule has 3 rings (SSSR count). The number of hydrogen-bond donors (Lipinski definition) is 1. The van der Waals surface area contributed by atoms with E-state index in [1.807, 2.05) is 0 Å². The van der Waals surface area contributed by atoms with Gasteiger partial charge in [-0.15, -0.1) is 0 Å². The van der Waals surface area contributed by atoms with E-state index < -0.39 is 10.8 Å². The summed E-state index contributed by atoms with van der Waals surface area (Å²) in [5.74, 6) is -0.612. The Morgan fingerprint density at radius 1 is 1.07 bits per heavy atom. The van der Waals surface area contributed by atoms with Gasteiger partial charge in [-0.2, -0.15) is 0 Å². The molecule has 144 valence electrons. The van der Waals surface area contributed by atoms with Crippen molar-refractivity contribution in [1.82, 2.24) is 15.2 Å². The molecule has 1 aliphatic heterocycles. The van der Waals surface area contributed by atoms with Crippen molar-refractivity contribution < 1.29 is 14.5 Å². The summed E-state index contributed by atoms with van der Waals surface area (Å²) in [6.07, 6.45) is 7.60. The van der Waals surface area contributed by atoms with Crippen LogP contribution in [0.15, 0.2) is 55.0 Å². The Bertz CT molecular complexity index is 888. The summed E-state index contributed by atoms with van der Waals surface area (Å²) in [5, 5.41) is 13.3. The third kappa shape index (κ3) is 4.59. The maximum absolute atomic E-state index is 13.0. The third-order valence-electron chi connectivity index (χ3n) is 4.53. The van der Waals surface area contributed by atoms with Crippen LogP contribution in [0.25, 0.3) is 5.57 Å². The van der Waals surface area contributed by atoms with Crippen LogP contribution in [0.3, 0.4) is 0 Å². The number of rotatable bonds is 5. The van der Waals surface area contributed by atoms with E-state index in [1.54, 1.807) is 29.4 Å². The highest BCUT2D eigenvalue weighted by Crippen LogP contribution is 2.19. The summed E-state index contributed by atoms with van der Waals surface area (Å²) < 4.78 is 0. The first-order valence-corrected chi connectivity index (χ1v) is 9.01. The molecule has 8 heteroatoms. The van der Waals surface area contributed by atoms with Crippen LogP contribution in [-0.4, -0.2) is 39.7 Å². The second kappa shape index (κ2) is 8.90. The molecule has 2 aromatic rings. The van der Waals surface area contributed by atoms with Crippen molar-refractivity contribution in [2.75, 3.05) is 13.1 Å². The molecule has 1 aliphatic rings. The fourth-order valence-corrected chi connectivity index (χ4v) is 3.01. The Kier molecular flexibility index (Phi) is 6.11. The van der Waals surface area contributed by atoms with Gasteiger partial charge in [-0.1, -0.05) is 6.07 Å². The average molecular weight is 380 g/mol. The molecule has 0 bridgehead atoms. The number of carbonyl (C=O) groups is 2. The Hall–Kier alpha value is -3.55. The zero-order chi connectivity index (χ0) is 19.9. The molecule has 1 aromatic heterocycles. The normalized spacial score (nSPS) is 14.4. The van der Waals surface area contributed by atoms with E-state index in [9.17, 15) is 19.7 Å². The van der Waals surface area contributed by atoms with Crippen LogP contribution in [-0.2, 0) is 4.79 Å². The van der Waals surface area contributed by atoms with Gasteiger partial charge in [-0.3, -0.25) is 24.7 Å². The van der Waals surface area contributed by atoms with Crippen molar-refractivity contribution in [2.45, 2.75) is 19.3 Å². The predicted octanol–water partition coefficient (Wildman–Crippen LogP) is 2.77. The molecule has 28 heavy (non-hydrogen) atoms. The lowest BCUT2D eigenvalue weighted by Crippen LogP contribution is -2.36. The van der Waals surface area contributed by atoms with E-state index in [0.29, 0.717) is 24.2 Å². The molecule has 1 aromatic carbocycles. The van der Waals surface area contributed by atoms with Crippen LogP contribution in [0.5, 0.6) is 0 Å². The molecule has 1 N–H and O–H groups in total. The Morgan fingerprint density at radius 2 is 1.79 bits per heavy atom. The van der Waals surface area contributed by atoms with Crippen LogP contribution in [0, 0.1) is 10.1 Å². The standard InChI is InChI=1S/C20H20N4O4/c25-19(15-6-8-17(9-7-15)24(27)28)22-14-18(16-5-4-10-21-13-16)20(26)23-11-2-1-3-12-23/h4-10,13-14H,1-3,11-12H2,(H,22,25). The SMILES string of the molecule is O=C(NC=C(C(=O)N1CCCCC1)c1cccnc1)c1ccc([N+](=O)[O-])cc1. The number of pyridine rings is 1. The van der Waals surface area contributed by atoms with Gasteiger partial charge >= 0.3 is 0 Å². The molecule has 0 radical (unpaired) electrons. The lowest BCUT2D eigenvalue weighted by molar-refractivity contribution is -0.384. The van der Waals surface area contributed by atoms with Crippen molar-refractivity contribution in [3.63, 3.8) is 0 Å². The lowest BCUT2D eigenvalue weighted by atomic mass is 10.1. The summed E-state index contributed by atoms with van der Waals surface area (Å²) in [5.41, 5.74) is 1.13. The number of likely N-dealkylation sites (tertiary alicyclic amines) is 1. The Morgan fingerprint density at radius 3 is 2.39 bits per heavy atom. The second-order valence-electron chi connectivity index (χ2n) is 6.43. The summed E-state index contributed by atoms with van der Waals surface area (Å²) in [6.45, 7) is 1.37. The van der Waals surface area contributed by atoms with Gasteiger partial charge in [0.15, 0.2) is 0 Å². The van der Waals surface area contributed by atoms with Crippen molar-refractivity contribution in [2.24, 2.45) is 0 Å². The maximum Gasteiger partial charge on any atom is 0.269 e. The van der Waals surface area contributed by atoms with Gasteiger partial charge in [0.1, 0.15) is 0 Å². The van der Waals surface area contributed by atoms with Crippen LogP contribution in [0.2, 0.25) is 0 Å². The van der Waals surface area contributed by atoms with Crippen LogP contribution in [0.1, 0.15) is 35.2 Å². The minimum Gasteiger partial charge on any atom is -0.339 e. The third-order valence-corrected chi connectivity index (χ3v) is 4.53. The molecule has 0 aliphatic carbocycles. The lowest BCUT2D eigenvalue weighted by Gasteiger charge is -2.27. The van der Waals surface area contributed by atoms with E-state index in [0.717, 1.165) is 19.3 Å². The van der Waals surface area contributed by atoms with Gasteiger partial charge in [0.05, 0.1) is 10.5 Å². The number of aromatic nitrogens is 1. The average Bonchev–Trinajstić information content (AvgIpc) is 2.75. The van der Waals surface area contributed by atoms with Crippen molar-refractivity contribution in [3.05, 3.63) is 76.2 Å². The highest BCUT2D eigenvalue weighted by Gasteiger charge is 2.22. The first kappa shape index (κ1) is 19.2. The number of piperidine rings is 1. The number of nitrogens with one attached hydrogen (secondary N) is 1. The molecule has 0 unspecified atom stereocenters. The number of benzene rings is 1. The minimum absolute atomic E-state index is 0.0941. The van der Waals surface area contributed by atoms with E-state index in [1.165, 1.54) is 30.5 Å². The molecule has 1 saturated heterocycles. The van der Waals surface area contributed by atoms with Crippen molar-refractivity contribution in [3.8, 4) is 0 Å². The minimum atomic E-state index is -0.528. The summed E-state index contributed by atoms with van der Waals surface area (Å²) in [6, 6.07) is 8.76. The number of nitro groups is 1. The van der Waals surface area contributed by atoms with Crippen molar-refractivity contribution in [1.29, 1.82) is 0 Å². The van der Waals surface area contributed by atoms with Crippen LogP contribution < -0.4 is 5.32 Å². The smallest absolute Gasteiger partial charge is 0.269 e. The molecule has 0 saturated carbocycles. The summed E-state index contributed by atoms with van der Waals surface area (Å²) in [7, 11) is 0. The zero-order valence-corrected chi connectivity index (χ0v) is 15.2. The molecule has 0 atom stereocenters. The maximum atomic E-state index is 13.0. The van der Waals surface area contributed by atoms with E-state index in [-0.39, 0.29) is 17.2 Å². The molecular weight excluding hydrogens is 360 g/mol. The second-order valence-corrected chi connectivity index (χ2v) is 6.43. The highest BCUT2D eigenvalue weighted by atomic mass is 16.6. The van der Waals surface area contributed by atoms with E-state index >= 15 is 0 Å². The number of nitrogens with zero attached hydrogens (tertiary/aromatic N) is 3. The molecular formula is C20H20N4O4. The largest absolute Gasteiger partial charge is 0.339 e. The molecule has 2 amide bonds. The first-order valence-electron chi connectivity index (χ1n) is 9.01.